The van der Waals surface area contributed by atoms with Gasteiger partial charge in [-0.15, -0.1) is 0 Å². The van der Waals surface area contributed by atoms with Gasteiger partial charge in [0.05, 0.1) is 5.52 Å². The summed E-state index contributed by atoms with van der Waals surface area (Å²) in [6.07, 6.45) is 0. The van der Waals surface area contributed by atoms with Crippen LogP contribution in [-0.2, 0) is 16.1 Å². The number of carbonyl (C=O) groups is 3. The maximum atomic E-state index is 13.1. The molecule has 3 amide bonds. The Kier molecular flexibility index (Phi) is 6.79. The van der Waals surface area contributed by atoms with Crippen LogP contribution in [0.15, 0.2) is 77.3 Å². The molecule has 0 aliphatic heterocycles. The molecule has 1 aromatic heterocycles. The van der Waals surface area contributed by atoms with E-state index >= 15 is 0 Å². The van der Waals surface area contributed by atoms with Crippen molar-refractivity contribution in [2.24, 2.45) is 0 Å². The van der Waals surface area contributed by atoms with Gasteiger partial charge in [0.25, 0.3) is 5.91 Å². The second-order valence-corrected chi connectivity index (χ2v) is 8.91. The summed E-state index contributed by atoms with van der Waals surface area (Å²) < 4.78 is 2.16. The van der Waals surface area contributed by atoms with Gasteiger partial charge in [0.1, 0.15) is 5.69 Å². The van der Waals surface area contributed by atoms with Crippen molar-refractivity contribution >= 4 is 50.2 Å². The number of amides is 3. The van der Waals surface area contributed by atoms with Crippen LogP contribution in [0.5, 0.6) is 0 Å². The van der Waals surface area contributed by atoms with Crippen molar-refractivity contribution in [1.29, 1.82) is 0 Å². The van der Waals surface area contributed by atoms with Gasteiger partial charge in [-0.1, -0.05) is 63.5 Å². The lowest BCUT2D eigenvalue weighted by Crippen LogP contribution is -2.39. The quantitative estimate of drug-likeness (QED) is 0.335. The summed E-state index contributed by atoms with van der Waals surface area (Å²) in [6.45, 7) is 4.15. The predicted molar refractivity (Wildman–Crippen MR) is 136 cm³/mol. The lowest BCUT2D eigenvalue weighted by atomic mass is 10.1. The first-order valence-corrected chi connectivity index (χ1v) is 11.4. The number of carbonyl (C=O) groups excluding carboxylic acids is 3. The van der Waals surface area contributed by atoms with Crippen molar-refractivity contribution in [1.82, 2.24) is 9.99 Å². The van der Waals surface area contributed by atoms with Gasteiger partial charge in [-0.25, -0.2) is 4.68 Å². The first kappa shape index (κ1) is 23.3. The van der Waals surface area contributed by atoms with Gasteiger partial charge < -0.3 is 10.6 Å². The van der Waals surface area contributed by atoms with Crippen molar-refractivity contribution in [3.05, 3.63) is 99.7 Å². The smallest absolute Gasteiger partial charge is 0.328 e. The Bertz CT molecular complexity index is 1380. The van der Waals surface area contributed by atoms with Crippen molar-refractivity contribution < 1.29 is 14.4 Å². The zero-order valence-electron chi connectivity index (χ0n) is 18.7. The minimum atomic E-state index is -0.878. The van der Waals surface area contributed by atoms with E-state index in [-0.39, 0.29) is 12.2 Å². The van der Waals surface area contributed by atoms with Gasteiger partial charge in [0.2, 0.25) is 0 Å². The molecule has 1 heterocycles. The molecule has 0 atom stereocenters. The number of anilines is 1. The average Bonchev–Trinajstić information content (AvgIpc) is 3.17. The summed E-state index contributed by atoms with van der Waals surface area (Å²) in [4.78, 5) is 38.2. The molecule has 3 aromatic carbocycles. The molecule has 34 heavy (non-hydrogen) atoms. The van der Waals surface area contributed by atoms with Crippen molar-refractivity contribution in [2.45, 2.75) is 20.4 Å². The summed E-state index contributed by atoms with van der Waals surface area (Å²) in [5.41, 5.74) is 7.01. The van der Waals surface area contributed by atoms with Crippen molar-refractivity contribution in [3.8, 4) is 0 Å². The highest BCUT2D eigenvalue weighted by Crippen LogP contribution is 2.24. The van der Waals surface area contributed by atoms with E-state index in [1.54, 1.807) is 30.3 Å². The topological polar surface area (TPSA) is 92.2 Å². The van der Waals surface area contributed by atoms with E-state index in [1.165, 1.54) is 4.68 Å². The highest BCUT2D eigenvalue weighted by Gasteiger charge is 2.21. The zero-order chi connectivity index (χ0) is 24.2. The van der Waals surface area contributed by atoms with Gasteiger partial charge in [-0.3, -0.25) is 19.8 Å². The molecule has 3 N–H and O–H groups in total. The van der Waals surface area contributed by atoms with Crippen LogP contribution in [0.2, 0.25) is 0 Å². The largest absolute Gasteiger partial charge is 0.344 e. The van der Waals surface area contributed by atoms with E-state index in [1.807, 2.05) is 56.3 Å². The van der Waals surface area contributed by atoms with Gasteiger partial charge in [0, 0.05) is 22.1 Å². The van der Waals surface area contributed by atoms with E-state index in [0.29, 0.717) is 11.2 Å². The number of aromatic nitrogens is 1. The normalized spacial score (nSPS) is 10.7. The van der Waals surface area contributed by atoms with Crippen LogP contribution in [0.4, 0.5) is 5.69 Å². The standard InChI is InChI=1S/C26H23BrN4O3/c1-16-3-7-18(8-4-16)15-28-25(33)26(34)30-31-22-12-9-20(27)13-19(22)14-23(31)24(32)29-21-10-5-17(2)6-11-21/h3-14H,15H2,1-2H3,(H,28,33)(H,29,32)(H,30,34). The van der Waals surface area contributed by atoms with E-state index in [0.717, 1.165) is 26.5 Å². The lowest BCUT2D eigenvalue weighted by molar-refractivity contribution is -0.136. The Morgan fingerprint density at radius 2 is 1.47 bits per heavy atom. The molecule has 8 heteroatoms. The molecule has 4 rings (SSSR count). The molecule has 0 radical (unpaired) electrons. The summed E-state index contributed by atoms with van der Waals surface area (Å²) in [7, 11) is 0. The van der Waals surface area contributed by atoms with Gasteiger partial charge in [-0.05, 0) is 55.8 Å². The Balaban J connectivity index is 1.55. The van der Waals surface area contributed by atoms with Gasteiger partial charge in [0.15, 0.2) is 0 Å². The lowest BCUT2D eigenvalue weighted by Gasteiger charge is -2.13. The van der Waals surface area contributed by atoms with Gasteiger partial charge in [-0.2, -0.15) is 0 Å². The molecular weight excluding hydrogens is 496 g/mol. The fourth-order valence-corrected chi connectivity index (χ4v) is 3.81. The van der Waals surface area contributed by atoms with E-state index in [4.69, 9.17) is 0 Å². The number of halogens is 1. The van der Waals surface area contributed by atoms with Crippen LogP contribution in [0.3, 0.4) is 0 Å². The molecule has 0 fully saturated rings. The Hall–Kier alpha value is -3.91. The SMILES string of the molecule is Cc1ccc(CNC(=O)C(=O)Nn2c(C(=O)Nc3ccc(C)cc3)cc3cc(Br)ccc32)cc1. The van der Waals surface area contributed by atoms with Crippen LogP contribution < -0.4 is 16.1 Å². The molecule has 0 saturated carbocycles. The minimum absolute atomic E-state index is 0.188. The molecule has 7 nitrogen and oxygen atoms in total. The third kappa shape index (κ3) is 5.35. The van der Waals surface area contributed by atoms with Crippen molar-refractivity contribution in [2.75, 3.05) is 10.7 Å². The third-order valence-electron chi connectivity index (χ3n) is 5.30. The molecule has 4 aromatic rings. The number of hydrogen-bond acceptors (Lipinski definition) is 3. The molecule has 0 aliphatic carbocycles. The Morgan fingerprint density at radius 1 is 0.824 bits per heavy atom. The first-order chi connectivity index (χ1) is 16.3. The number of nitrogens with zero attached hydrogens (tertiary/aromatic N) is 1. The maximum absolute atomic E-state index is 13.1. The molecule has 0 bridgehead atoms. The minimum Gasteiger partial charge on any atom is -0.344 e. The van der Waals surface area contributed by atoms with Gasteiger partial charge >= 0.3 is 11.8 Å². The highest BCUT2D eigenvalue weighted by atomic mass is 79.9. The molecule has 0 aliphatic rings. The third-order valence-corrected chi connectivity index (χ3v) is 5.79. The number of fused-ring (bicyclic) bond motifs is 1. The highest BCUT2D eigenvalue weighted by molar-refractivity contribution is 9.10. The summed E-state index contributed by atoms with van der Waals surface area (Å²) in [5, 5.41) is 6.17. The van der Waals surface area contributed by atoms with E-state index < -0.39 is 17.7 Å². The Morgan fingerprint density at radius 3 is 2.15 bits per heavy atom. The Labute approximate surface area is 205 Å². The molecule has 172 valence electrons. The summed E-state index contributed by atoms with van der Waals surface area (Å²) in [6, 6.07) is 22.1. The van der Waals surface area contributed by atoms with Crippen LogP contribution in [0.25, 0.3) is 10.9 Å². The monoisotopic (exact) mass is 518 g/mol. The van der Waals surface area contributed by atoms with Crippen molar-refractivity contribution in [3.63, 3.8) is 0 Å². The fraction of sp³-hybridized carbons (Fsp3) is 0.115. The van der Waals surface area contributed by atoms with Crippen LogP contribution in [-0.4, -0.2) is 22.4 Å². The number of hydrogen-bond donors (Lipinski definition) is 3. The maximum Gasteiger partial charge on any atom is 0.328 e. The molecule has 0 unspecified atom stereocenters. The number of nitrogens with one attached hydrogen (secondary N) is 3. The van der Waals surface area contributed by atoms with Crippen LogP contribution >= 0.6 is 15.9 Å². The first-order valence-electron chi connectivity index (χ1n) is 10.6. The summed E-state index contributed by atoms with van der Waals surface area (Å²) >= 11 is 3.42. The zero-order valence-corrected chi connectivity index (χ0v) is 20.3. The predicted octanol–water partition coefficient (Wildman–Crippen LogP) is 4.66. The second kappa shape index (κ2) is 9.93. The number of benzene rings is 3. The number of aryl methyl sites for hydroxylation is 2. The molecule has 0 saturated heterocycles. The fourth-order valence-electron chi connectivity index (χ4n) is 3.43. The second-order valence-electron chi connectivity index (χ2n) is 8.00. The van der Waals surface area contributed by atoms with Crippen LogP contribution in [0.1, 0.15) is 27.2 Å². The number of rotatable bonds is 5. The molecular formula is C26H23BrN4O3. The molecule has 0 spiro atoms. The van der Waals surface area contributed by atoms with E-state index in [2.05, 4.69) is 32.0 Å². The summed E-state index contributed by atoms with van der Waals surface area (Å²) in [5.74, 6) is -2.10. The van der Waals surface area contributed by atoms with Crippen LogP contribution in [0, 0.1) is 13.8 Å². The average molecular weight is 519 g/mol. The van der Waals surface area contributed by atoms with E-state index in [9.17, 15) is 14.4 Å².